The maximum atomic E-state index is 5.65. The molecular weight excluding hydrogens is 236 g/mol. The molecule has 4 heteroatoms. The van der Waals surface area contributed by atoms with Crippen LogP contribution in [0.3, 0.4) is 0 Å². The summed E-state index contributed by atoms with van der Waals surface area (Å²) in [4.78, 5) is 8.68. The highest BCUT2D eigenvalue weighted by Crippen LogP contribution is 2.20. The maximum Gasteiger partial charge on any atom is 0.223 e. The lowest BCUT2D eigenvalue weighted by molar-refractivity contribution is 0.626. The molecule has 0 spiro atoms. The van der Waals surface area contributed by atoms with Gasteiger partial charge in [0.05, 0.1) is 0 Å². The molecule has 0 atom stereocenters. The molecule has 0 bridgehead atoms. The van der Waals surface area contributed by atoms with E-state index in [1.54, 1.807) is 0 Å². The summed E-state index contributed by atoms with van der Waals surface area (Å²) in [5.74, 6) is 0.645. The van der Waals surface area contributed by atoms with Gasteiger partial charge in [0.15, 0.2) is 0 Å². The second-order valence-corrected chi connectivity index (χ2v) is 5.57. The zero-order chi connectivity index (χ0) is 13.9. The Labute approximate surface area is 114 Å². The van der Waals surface area contributed by atoms with Crippen molar-refractivity contribution in [2.45, 2.75) is 32.9 Å². The SMILES string of the molecule is CC(C)(C)Nc1ncc(-c2cccc(CN)c2)cn1. The molecule has 4 nitrogen and oxygen atoms in total. The second kappa shape index (κ2) is 5.36. The monoisotopic (exact) mass is 256 g/mol. The van der Waals surface area contributed by atoms with Gasteiger partial charge in [-0.2, -0.15) is 0 Å². The number of nitrogens with zero attached hydrogens (tertiary/aromatic N) is 2. The molecule has 1 heterocycles. The van der Waals surface area contributed by atoms with E-state index in [1.807, 2.05) is 30.6 Å². The van der Waals surface area contributed by atoms with E-state index < -0.39 is 0 Å². The Balaban J connectivity index is 2.22. The highest BCUT2D eigenvalue weighted by Gasteiger charge is 2.10. The molecule has 3 N–H and O–H groups in total. The smallest absolute Gasteiger partial charge is 0.223 e. The molecule has 1 aromatic heterocycles. The number of aromatic nitrogens is 2. The van der Waals surface area contributed by atoms with Gasteiger partial charge in [0.1, 0.15) is 0 Å². The van der Waals surface area contributed by atoms with E-state index in [9.17, 15) is 0 Å². The average Bonchev–Trinajstić information content (AvgIpc) is 2.38. The molecule has 0 saturated carbocycles. The minimum Gasteiger partial charge on any atom is -0.350 e. The Morgan fingerprint density at radius 1 is 1.11 bits per heavy atom. The highest BCUT2D eigenvalue weighted by molar-refractivity contribution is 5.62. The molecule has 100 valence electrons. The maximum absolute atomic E-state index is 5.65. The fourth-order valence-corrected chi connectivity index (χ4v) is 1.75. The Hall–Kier alpha value is -1.94. The van der Waals surface area contributed by atoms with Crippen molar-refractivity contribution in [1.82, 2.24) is 9.97 Å². The Morgan fingerprint density at radius 2 is 1.79 bits per heavy atom. The van der Waals surface area contributed by atoms with Crippen LogP contribution in [0.25, 0.3) is 11.1 Å². The minimum atomic E-state index is -0.0407. The average molecular weight is 256 g/mol. The van der Waals surface area contributed by atoms with Gasteiger partial charge in [0, 0.05) is 30.0 Å². The number of nitrogens with two attached hydrogens (primary N) is 1. The van der Waals surface area contributed by atoms with E-state index in [2.05, 4.69) is 42.1 Å². The van der Waals surface area contributed by atoms with Crippen molar-refractivity contribution < 1.29 is 0 Å². The molecule has 1 aromatic carbocycles. The summed E-state index contributed by atoms with van der Waals surface area (Å²) >= 11 is 0. The lowest BCUT2D eigenvalue weighted by atomic mass is 10.1. The van der Waals surface area contributed by atoms with Gasteiger partial charge < -0.3 is 11.1 Å². The first-order valence-electron chi connectivity index (χ1n) is 6.37. The Bertz CT molecular complexity index is 541. The van der Waals surface area contributed by atoms with Crippen LogP contribution < -0.4 is 11.1 Å². The van der Waals surface area contributed by atoms with Gasteiger partial charge >= 0.3 is 0 Å². The highest BCUT2D eigenvalue weighted by atomic mass is 15.1. The Kier molecular flexibility index (Phi) is 3.81. The van der Waals surface area contributed by atoms with Crippen molar-refractivity contribution in [3.8, 4) is 11.1 Å². The molecule has 0 aliphatic heterocycles. The molecular formula is C15H20N4. The molecule has 0 fully saturated rings. The van der Waals surface area contributed by atoms with Gasteiger partial charge in [-0.1, -0.05) is 18.2 Å². The molecule has 0 aliphatic carbocycles. The predicted octanol–water partition coefficient (Wildman–Crippen LogP) is 2.81. The standard InChI is InChI=1S/C15H20N4/c1-15(2,3)19-14-17-9-13(10-18-14)12-6-4-5-11(7-12)8-16/h4-7,9-10H,8,16H2,1-3H3,(H,17,18,19). The van der Waals surface area contributed by atoms with Crippen molar-refractivity contribution in [3.63, 3.8) is 0 Å². The summed E-state index contributed by atoms with van der Waals surface area (Å²) in [6.07, 6.45) is 3.66. The topological polar surface area (TPSA) is 63.8 Å². The van der Waals surface area contributed by atoms with E-state index in [0.29, 0.717) is 12.5 Å². The van der Waals surface area contributed by atoms with E-state index in [4.69, 9.17) is 5.73 Å². The van der Waals surface area contributed by atoms with Crippen LogP contribution >= 0.6 is 0 Å². The lowest BCUT2D eigenvalue weighted by Crippen LogP contribution is -2.27. The van der Waals surface area contributed by atoms with Crippen LogP contribution in [-0.2, 0) is 6.54 Å². The van der Waals surface area contributed by atoms with Crippen molar-refractivity contribution in [2.75, 3.05) is 5.32 Å². The molecule has 2 aromatic rings. The van der Waals surface area contributed by atoms with Crippen LogP contribution in [0.1, 0.15) is 26.3 Å². The quantitative estimate of drug-likeness (QED) is 0.886. The number of rotatable bonds is 3. The van der Waals surface area contributed by atoms with Crippen LogP contribution in [0.5, 0.6) is 0 Å². The van der Waals surface area contributed by atoms with Crippen molar-refractivity contribution in [3.05, 3.63) is 42.2 Å². The van der Waals surface area contributed by atoms with Gasteiger partial charge in [0.25, 0.3) is 0 Å². The summed E-state index contributed by atoms with van der Waals surface area (Å²) in [6, 6.07) is 8.11. The fraction of sp³-hybridized carbons (Fsp3) is 0.333. The molecule has 0 aliphatic rings. The van der Waals surface area contributed by atoms with Crippen LogP contribution in [0, 0.1) is 0 Å². The Morgan fingerprint density at radius 3 is 2.37 bits per heavy atom. The minimum absolute atomic E-state index is 0.0407. The van der Waals surface area contributed by atoms with Crippen LogP contribution in [0.15, 0.2) is 36.7 Å². The van der Waals surface area contributed by atoms with E-state index in [-0.39, 0.29) is 5.54 Å². The molecule has 19 heavy (non-hydrogen) atoms. The second-order valence-electron chi connectivity index (χ2n) is 5.57. The summed E-state index contributed by atoms with van der Waals surface area (Å²) in [5.41, 5.74) is 8.80. The van der Waals surface area contributed by atoms with Crippen LogP contribution in [0.4, 0.5) is 5.95 Å². The number of nitrogens with one attached hydrogen (secondary N) is 1. The normalized spacial score (nSPS) is 11.4. The third-order valence-electron chi connectivity index (χ3n) is 2.63. The molecule has 0 saturated heterocycles. The van der Waals surface area contributed by atoms with Crippen molar-refractivity contribution in [1.29, 1.82) is 0 Å². The zero-order valence-corrected chi connectivity index (χ0v) is 11.6. The summed E-state index contributed by atoms with van der Waals surface area (Å²) < 4.78 is 0. The summed E-state index contributed by atoms with van der Waals surface area (Å²) in [6.45, 7) is 6.78. The van der Waals surface area contributed by atoms with E-state index in [0.717, 1.165) is 16.7 Å². The third kappa shape index (κ3) is 3.76. The van der Waals surface area contributed by atoms with Gasteiger partial charge in [0.2, 0.25) is 5.95 Å². The molecule has 0 unspecified atom stereocenters. The largest absolute Gasteiger partial charge is 0.350 e. The van der Waals surface area contributed by atoms with E-state index in [1.165, 1.54) is 0 Å². The fourth-order valence-electron chi connectivity index (χ4n) is 1.75. The summed E-state index contributed by atoms with van der Waals surface area (Å²) in [5, 5.41) is 3.24. The van der Waals surface area contributed by atoms with Gasteiger partial charge in [-0.3, -0.25) is 0 Å². The lowest BCUT2D eigenvalue weighted by Gasteiger charge is -2.20. The first-order valence-corrected chi connectivity index (χ1v) is 6.37. The molecule has 0 radical (unpaired) electrons. The predicted molar refractivity (Wildman–Crippen MR) is 78.7 cm³/mol. The van der Waals surface area contributed by atoms with Gasteiger partial charge in [-0.15, -0.1) is 0 Å². The molecule has 0 amide bonds. The van der Waals surface area contributed by atoms with Crippen LogP contribution in [0.2, 0.25) is 0 Å². The number of anilines is 1. The third-order valence-corrected chi connectivity index (χ3v) is 2.63. The first kappa shape index (κ1) is 13.5. The number of benzene rings is 1. The van der Waals surface area contributed by atoms with Crippen molar-refractivity contribution in [2.24, 2.45) is 5.73 Å². The molecule has 2 rings (SSSR count). The zero-order valence-electron chi connectivity index (χ0n) is 11.6. The van der Waals surface area contributed by atoms with E-state index >= 15 is 0 Å². The number of hydrogen-bond acceptors (Lipinski definition) is 4. The van der Waals surface area contributed by atoms with Gasteiger partial charge in [-0.25, -0.2) is 9.97 Å². The van der Waals surface area contributed by atoms with Gasteiger partial charge in [-0.05, 0) is 38.0 Å². The van der Waals surface area contributed by atoms with Crippen LogP contribution in [-0.4, -0.2) is 15.5 Å². The first-order chi connectivity index (χ1) is 8.98. The summed E-state index contributed by atoms with van der Waals surface area (Å²) in [7, 11) is 0. The van der Waals surface area contributed by atoms with Crippen molar-refractivity contribution >= 4 is 5.95 Å². The number of hydrogen-bond donors (Lipinski definition) is 2.